The van der Waals surface area contributed by atoms with Crippen LogP contribution < -0.4 is 5.73 Å². The number of nitrogens with zero attached hydrogens (tertiary/aromatic N) is 1. The van der Waals surface area contributed by atoms with Crippen LogP contribution in [0.25, 0.3) is 0 Å². The van der Waals surface area contributed by atoms with Crippen molar-refractivity contribution in [1.29, 1.82) is 0 Å². The van der Waals surface area contributed by atoms with Gasteiger partial charge in [-0.1, -0.05) is 0 Å². The van der Waals surface area contributed by atoms with Gasteiger partial charge in [0, 0.05) is 19.1 Å². The standard InChI is InChI=1S/C5H12N2O/c1-7-2-4(6)5(8)3-7/h4-5,8H,2-3,6H2,1H3/t4-,5-/m1/s1. The van der Waals surface area contributed by atoms with Gasteiger partial charge in [0.05, 0.1) is 6.10 Å². The Kier molecular flexibility index (Phi) is 1.51. The molecular weight excluding hydrogens is 104 g/mol. The molecule has 0 saturated carbocycles. The number of likely N-dealkylation sites (tertiary alicyclic amines) is 1. The number of nitrogens with two attached hydrogens (primary N) is 1. The first-order chi connectivity index (χ1) is 3.70. The molecule has 0 bridgehead atoms. The Morgan fingerprint density at radius 3 is 2.38 bits per heavy atom. The molecule has 0 aromatic heterocycles. The molecule has 0 unspecified atom stereocenters. The lowest BCUT2D eigenvalue weighted by Gasteiger charge is -2.03. The summed E-state index contributed by atoms with van der Waals surface area (Å²) in [6, 6.07) is -0.0278. The van der Waals surface area contributed by atoms with Crippen LogP contribution in [-0.4, -0.2) is 42.3 Å². The topological polar surface area (TPSA) is 49.5 Å². The first-order valence-electron chi connectivity index (χ1n) is 2.82. The molecule has 0 spiro atoms. The summed E-state index contributed by atoms with van der Waals surface area (Å²) in [6.45, 7) is 1.54. The molecule has 1 aliphatic rings. The van der Waals surface area contributed by atoms with Crippen molar-refractivity contribution < 1.29 is 5.11 Å². The Hall–Kier alpha value is -0.120. The summed E-state index contributed by atoms with van der Waals surface area (Å²) in [6.07, 6.45) is -0.306. The third kappa shape index (κ3) is 0.992. The van der Waals surface area contributed by atoms with E-state index in [4.69, 9.17) is 10.8 Å². The van der Waals surface area contributed by atoms with E-state index < -0.39 is 0 Å². The zero-order valence-electron chi connectivity index (χ0n) is 5.04. The molecule has 1 aliphatic heterocycles. The van der Waals surface area contributed by atoms with Crippen LogP contribution >= 0.6 is 0 Å². The van der Waals surface area contributed by atoms with E-state index in [1.54, 1.807) is 0 Å². The molecule has 1 saturated heterocycles. The van der Waals surface area contributed by atoms with Crippen molar-refractivity contribution in [2.45, 2.75) is 12.1 Å². The molecule has 0 amide bonds. The number of hydrogen-bond donors (Lipinski definition) is 2. The van der Waals surface area contributed by atoms with Gasteiger partial charge < -0.3 is 15.7 Å². The molecular formula is C5H12N2O. The van der Waals surface area contributed by atoms with Gasteiger partial charge in [-0.25, -0.2) is 0 Å². The van der Waals surface area contributed by atoms with Crippen molar-refractivity contribution in [3.8, 4) is 0 Å². The van der Waals surface area contributed by atoms with Crippen LogP contribution in [-0.2, 0) is 0 Å². The Morgan fingerprint density at radius 2 is 2.25 bits per heavy atom. The first-order valence-corrected chi connectivity index (χ1v) is 2.82. The Labute approximate surface area is 49.1 Å². The fraction of sp³-hybridized carbons (Fsp3) is 1.00. The van der Waals surface area contributed by atoms with Gasteiger partial charge in [0.15, 0.2) is 0 Å². The van der Waals surface area contributed by atoms with Crippen LogP contribution in [0.1, 0.15) is 0 Å². The largest absolute Gasteiger partial charge is 0.390 e. The summed E-state index contributed by atoms with van der Waals surface area (Å²) in [4.78, 5) is 2.02. The van der Waals surface area contributed by atoms with Crippen LogP contribution in [0.15, 0.2) is 0 Å². The lowest BCUT2D eigenvalue weighted by atomic mass is 10.2. The van der Waals surface area contributed by atoms with Crippen molar-refractivity contribution in [3.05, 3.63) is 0 Å². The zero-order valence-corrected chi connectivity index (χ0v) is 5.04. The minimum atomic E-state index is -0.306. The van der Waals surface area contributed by atoms with Gasteiger partial charge in [0.1, 0.15) is 0 Å². The van der Waals surface area contributed by atoms with Gasteiger partial charge in [-0.05, 0) is 7.05 Å². The van der Waals surface area contributed by atoms with E-state index in [9.17, 15) is 0 Å². The van der Waals surface area contributed by atoms with Crippen molar-refractivity contribution in [1.82, 2.24) is 4.90 Å². The fourth-order valence-electron chi connectivity index (χ4n) is 1.01. The Bertz CT molecular complexity index is 76.5. The predicted molar refractivity (Wildman–Crippen MR) is 31.5 cm³/mol. The van der Waals surface area contributed by atoms with Crippen LogP contribution in [0.4, 0.5) is 0 Å². The molecule has 8 heavy (non-hydrogen) atoms. The second-order valence-electron chi connectivity index (χ2n) is 2.45. The van der Waals surface area contributed by atoms with E-state index in [0.717, 1.165) is 13.1 Å². The van der Waals surface area contributed by atoms with Crippen LogP contribution in [0.2, 0.25) is 0 Å². The summed E-state index contributed by atoms with van der Waals surface area (Å²) in [7, 11) is 1.95. The molecule has 0 aliphatic carbocycles. The molecule has 0 radical (unpaired) electrons. The third-order valence-corrected chi connectivity index (χ3v) is 1.52. The van der Waals surface area contributed by atoms with Gasteiger partial charge in [-0.15, -0.1) is 0 Å². The van der Waals surface area contributed by atoms with Crippen LogP contribution in [0.3, 0.4) is 0 Å². The Morgan fingerprint density at radius 1 is 1.62 bits per heavy atom. The van der Waals surface area contributed by atoms with Gasteiger partial charge >= 0.3 is 0 Å². The number of aliphatic hydroxyl groups excluding tert-OH is 1. The average molecular weight is 116 g/mol. The SMILES string of the molecule is CN1C[C@@H](N)[C@H](O)C1. The van der Waals surface area contributed by atoms with Gasteiger partial charge in [0.25, 0.3) is 0 Å². The van der Waals surface area contributed by atoms with Crippen LogP contribution in [0.5, 0.6) is 0 Å². The second-order valence-corrected chi connectivity index (χ2v) is 2.45. The minimum absolute atomic E-state index is 0.0278. The minimum Gasteiger partial charge on any atom is -0.390 e. The maximum Gasteiger partial charge on any atom is 0.0830 e. The maximum atomic E-state index is 9.00. The van der Waals surface area contributed by atoms with Crippen molar-refractivity contribution in [2.24, 2.45) is 5.73 Å². The highest BCUT2D eigenvalue weighted by atomic mass is 16.3. The van der Waals surface area contributed by atoms with Crippen LogP contribution in [0, 0.1) is 0 Å². The summed E-state index contributed by atoms with van der Waals surface area (Å²) < 4.78 is 0. The maximum absolute atomic E-state index is 9.00. The molecule has 1 rings (SSSR count). The fourth-order valence-corrected chi connectivity index (χ4v) is 1.01. The highest BCUT2D eigenvalue weighted by Gasteiger charge is 2.24. The highest BCUT2D eigenvalue weighted by Crippen LogP contribution is 2.03. The summed E-state index contributed by atoms with van der Waals surface area (Å²) >= 11 is 0. The van der Waals surface area contributed by atoms with E-state index in [1.807, 2.05) is 11.9 Å². The first kappa shape index (κ1) is 6.01. The summed E-state index contributed by atoms with van der Waals surface area (Å²) in [5, 5.41) is 9.00. The predicted octanol–water partition coefficient (Wildman–Crippen LogP) is -1.38. The normalized spacial score (nSPS) is 40.9. The second kappa shape index (κ2) is 2.01. The molecule has 3 N–H and O–H groups in total. The quantitative estimate of drug-likeness (QED) is 0.410. The molecule has 48 valence electrons. The molecule has 0 aromatic rings. The van der Waals surface area contributed by atoms with E-state index in [2.05, 4.69) is 0 Å². The number of rotatable bonds is 0. The zero-order chi connectivity index (χ0) is 6.15. The van der Waals surface area contributed by atoms with Crippen molar-refractivity contribution in [3.63, 3.8) is 0 Å². The Balaban J connectivity index is 2.39. The van der Waals surface area contributed by atoms with Gasteiger partial charge in [0.2, 0.25) is 0 Å². The van der Waals surface area contributed by atoms with E-state index in [-0.39, 0.29) is 12.1 Å². The van der Waals surface area contributed by atoms with E-state index in [1.165, 1.54) is 0 Å². The highest BCUT2D eigenvalue weighted by molar-refractivity contribution is 4.84. The molecule has 2 atom stereocenters. The number of aliphatic hydroxyl groups is 1. The molecule has 1 fully saturated rings. The lowest BCUT2D eigenvalue weighted by Crippen LogP contribution is -2.32. The van der Waals surface area contributed by atoms with Crippen molar-refractivity contribution in [2.75, 3.05) is 20.1 Å². The van der Waals surface area contributed by atoms with Gasteiger partial charge in [-0.3, -0.25) is 0 Å². The molecule has 1 heterocycles. The molecule has 3 heteroatoms. The van der Waals surface area contributed by atoms with Gasteiger partial charge in [-0.2, -0.15) is 0 Å². The monoisotopic (exact) mass is 116 g/mol. The van der Waals surface area contributed by atoms with Crippen molar-refractivity contribution >= 4 is 0 Å². The summed E-state index contributed by atoms with van der Waals surface area (Å²) in [5.74, 6) is 0. The third-order valence-electron chi connectivity index (χ3n) is 1.52. The van der Waals surface area contributed by atoms with E-state index in [0.29, 0.717) is 0 Å². The van der Waals surface area contributed by atoms with E-state index >= 15 is 0 Å². The molecule has 0 aromatic carbocycles. The average Bonchev–Trinajstić information content (AvgIpc) is 1.85. The number of hydrogen-bond acceptors (Lipinski definition) is 3. The number of β-amino-alcohol motifs (C(OH)–C–C–N with tert-alkyl or cyclic N) is 1. The molecule has 3 nitrogen and oxygen atoms in total. The summed E-state index contributed by atoms with van der Waals surface area (Å²) in [5.41, 5.74) is 5.48. The lowest BCUT2D eigenvalue weighted by molar-refractivity contribution is 0.169. The number of likely N-dealkylation sites (N-methyl/N-ethyl adjacent to an activating group) is 1. The smallest absolute Gasteiger partial charge is 0.0830 e.